The van der Waals surface area contributed by atoms with Crippen molar-refractivity contribution in [1.82, 2.24) is 0 Å². The van der Waals surface area contributed by atoms with Crippen molar-refractivity contribution in [2.45, 2.75) is 37.9 Å². The van der Waals surface area contributed by atoms with Gasteiger partial charge in [-0.3, -0.25) is 9.00 Å². The van der Waals surface area contributed by atoms with Gasteiger partial charge in [0.25, 0.3) is 0 Å². The zero-order valence-electron chi connectivity index (χ0n) is 12.2. The highest BCUT2D eigenvalue weighted by molar-refractivity contribution is 7.86. The Balaban J connectivity index is 1.92. The number of carbonyl (C=O) groups excluding carboxylic acids is 1. The molecule has 4 nitrogen and oxygen atoms in total. The fourth-order valence-electron chi connectivity index (χ4n) is 2.58. The molecule has 0 heterocycles. The largest absolute Gasteiger partial charge is 0.325 e. The summed E-state index contributed by atoms with van der Waals surface area (Å²) in [5, 5.41) is 11.0. The molecule has 2 atom stereocenters. The van der Waals surface area contributed by atoms with E-state index < -0.39 is 16.0 Å². The predicted octanol–water partition coefficient (Wildman–Crippen LogP) is 2.82. The van der Waals surface area contributed by atoms with Crippen LogP contribution in [-0.2, 0) is 15.6 Å². The zero-order valence-corrected chi connectivity index (χ0v) is 13.0. The maximum atomic E-state index is 12.3. The van der Waals surface area contributed by atoms with E-state index in [9.17, 15) is 9.00 Å². The molecular formula is C16H20N2O2S. The number of amides is 1. The molecule has 1 fully saturated rings. The number of hydrogen-bond donors (Lipinski definition) is 1. The van der Waals surface area contributed by atoms with Crippen LogP contribution in [0.25, 0.3) is 0 Å². The lowest BCUT2D eigenvalue weighted by Gasteiger charge is -2.15. The van der Waals surface area contributed by atoms with Gasteiger partial charge in [-0.2, -0.15) is 5.26 Å². The minimum atomic E-state index is -1.14. The Morgan fingerprint density at radius 2 is 2.19 bits per heavy atom. The van der Waals surface area contributed by atoms with Crippen molar-refractivity contribution in [2.75, 3.05) is 11.1 Å². The summed E-state index contributed by atoms with van der Waals surface area (Å²) in [5.41, 5.74) is 1.07. The summed E-state index contributed by atoms with van der Waals surface area (Å²) in [7, 11) is -1.14. The van der Waals surface area contributed by atoms with Gasteiger partial charge in [0.15, 0.2) is 0 Å². The number of nitrogens with one attached hydrogen (secondary N) is 1. The number of benzene rings is 1. The topological polar surface area (TPSA) is 70.0 Å². The first-order valence-electron chi connectivity index (χ1n) is 7.28. The molecule has 21 heavy (non-hydrogen) atoms. The number of carbonyl (C=O) groups is 1. The van der Waals surface area contributed by atoms with E-state index in [0.717, 1.165) is 12.8 Å². The number of anilines is 1. The van der Waals surface area contributed by atoms with Gasteiger partial charge in [0.1, 0.15) is 5.25 Å². The summed E-state index contributed by atoms with van der Waals surface area (Å²) in [6.45, 7) is 1.70. The quantitative estimate of drug-likeness (QED) is 0.909. The molecule has 0 aliphatic heterocycles. The van der Waals surface area contributed by atoms with E-state index in [-0.39, 0.29) is 5.91 Å². The Bertz CT molecular complexity index is 574. The summed E-state index contributed by atoms with van der Waals surface area (Å²) in [6.07, 6.45) is 4.68. The van der Waals surface area contributed by atoms with E-state index in [0.29, 0.717) is 22.9 Å². The van der Waals surface area contributed by atoms with Crippen LogP contribution in [0.1, 0.15) is 38.2 Å². The van der Waals surface area contributed by atoms with Crippen molar-refractivity contribution in [1.29, 1.82) is 5.26 Å². The Labute approximate surface area is 128 Å². The van der Waals surface area contributed by atoms with E-state index in [1.165, 1.54) is 12.8 Å². The number of nitriles is 1. The third-order valence-electron chi connectivity index (χ3n) is 3.90. The normalized spacial score (nSPS) is 17.9. The third kappa shape index (κ3) is 4.40. The smallest absolute Gasteiger partial charge is 0.239 e. The van der Waals surface area contributed by atoms with Crippen LogP contribution < -0.4 is 5.32 Å². The molecule has 112 valence electrons. The molecule has 1 saturated carbocycles. The van der Waals surface area contributed by atoms with Crippen molar-refractivity contribution in [3.8, 4) is 6.07 Å². The lowest BCUT2D eigenvalue weighted by atomic mass is 10.1. The van der Waals surface area contributed by atoms with E-state index in [1.54, 1.807) is 31.2 Å². The lowest BCUT2D eigenvalue weighted by molar-refractivity contribution is -0.115. The second-order valence-corrected chi connectivity index (χ2v) is 7.32. The molecule has 1 aromatic carbocycles. The van der Waals surface area contributed by atoms with Crippen molar-refractivity contribution in [3.63, 3.8) is 0 Å². The molecule has 0 radical (unpaired) electrons. The van der Waals surface area contributed by atoms with Crippen LogP contribution in [0.2, 0.25) is 0 Å². The lowest BCUT2D eigenvalue weighted by Crippen LogP contribution is -2.31. The van der Waals surface area contributed by atoms with E-state index >= 15 is 0 Å². The zero-order chi connectivity index (χ0) is 15.2. The molecule has 1 aliphatic rings. The molecular weight excluding hydrogens is 284 g/mol. The highest BCUT2D eigenvalue weighted by atomic mass is 32.2. The third-order valence-corrected chi connectivity index (χ3v) is 5.70. The molecule has 5 heteroatoms. The Hall–Kier alpha value is -1.67. The average Bonchev–Trinajstić information content (AvgIpc) is 2.99. The second kappa shape index (κ2) is 7.37. The highest BCUT2D eigenvalue weighted by Gasteiger charge is 2.24. The number of hydrogen-bond acceptors (Lipinski definition) is 3. The van der Waals surface area contributed by atoms with Gasteiger partial charge >= 0.3 is 0 Å². The second-order valence-electron chi connectivity index (χ2n) is 5.52. The Morgan fingerprint density at radius 1 is 1.48 bits per heavy atom. The average molecular weight is 304 g/mol. The van der Waals surface area contributed by atoms with Crippen LogP contribution in [-0.4, -0.2) is 21.1 Å². The maximum absolute atomic E-state index is 12.3. The summed E-state index contributed by atoms with van der Waals surface area (Å²) in [4.78, 5) is 12.1. The van der Waals surface area contributed by atoms with E-state index in [2.05, 4.69) is 5.32 Å². The molecule has 1 aliphatic carbocycles. The van der Waals surface area contributed by atoms with Crippen LogP contribution in [0.15, 0.2) is 24.3 Å². The van der Waals surface area contributed by atoms with Crippen LogP contribution in [0.5, 0.6) is 0 Å². The fraction of sp³-hybridized carbons (Fsp3) is 0.500. The SMILES string of the molecule is CC(C(=O)Nc1cccc(C#N)c1)S(=O)CC1CCCC1. The number of rotatable bonds is 5. The van der Waals surface area contributed by atoms with Crippen LogP contribution >= 0.6 is 0 Å². The molecule has 1 amide bonds. The summed E-state index contributed by atoms with van der Waals surface area (Å²) in [6, 6.07) is 8.77. The van der Waals surface area contributed by atoms with Crippen LogP contribution in [0.4, 0.5) is 5.69 Å². The maximum Gasteiger partial charge on any atom is 0.239 e. The molecule has 1 N–H and O–H groups in total. The monoisotopic (exact) mass is 304 g/mol. The molecule has 2 unspecified atom stereocenters. The van der Waals surface area contributed by atoms with Gasteiger partial charge in [0.2, 0.25) is 5.91 Å². The minimum absolute atomic E-state index is 0.249. The van der Waals surface area contributed by atoms with Gasteiger partial charge in [0, 0.05) is 22.2 Å². The standard InChI is InChI=1S/C16H20N2O2S/c1-12(21(20)11-13-5-2-3-6-13)16(19)18-15-8-4-7-14(9-15)10-17/h4,7-9,12-13H,2-3,5-6,11H2,1H3,(H,18,19). The Morgan fingerprint density at radius 3 is 2.86 bits per heavy atom. The molecule has 0 aromatic heterocycles. The molecule has 2 rings (SSSR count). The van der Waals surface area contributed by atoms with Crippen molar-refractivity contribution >= 4 is 22.4 Å². The van der Waals surface area contributed by atoms with E-state index in [4.69, 9.17) is 5.26 Å². The van der Waals surface area contributed by atoms with Gasteiger partial charge in [-0.05, 0) is 43.9 Å². The highest BCUT2D eigenvalue weighted by Crippen LogP contribution is 2.26. The first kappa shape index (κ1) is 15.7. The van der Waals surface area contributed by atoms with Crippen molar-refractivity contribution < 1.29 is 9.00 Å². The molecule has 1 aromatic rings. The van der Waals surface area contributed by atoms with Crippen LogP contribution in [0, 0.1) is 17.2 Å². The van der Waals surface area contributed by atoms with Crippen LogP contribution in [0.3, 0.4) is 0 Å². The van der Waals surface area contributed by atoms with Crippen molar-refractivity contribution in [3.05, 3.63) is 29.8 Å². The van der Waals surface area contributed by atoms with Gasteiger partial charge in [-0.1, -0.05) is 18.9 Å². The van der Waals surface area contributed by atoms with Gasteiger partial charge in [0.05, 0.1) is 11.6 Å². The van der Waals surface area contributed by atoms with Gasteiger partial charge in [-0.15, -0.1) is 0 Å². The molecule has 0 spiro atoms. The molecule has 0 saturated heterocycles. The summed E-state index contributed by atoms with van der Waals surface area (Å²) >= 11 is 0. The number of nitrogens with zero attached hydrogens (tertiary/aromatic N) is 1. The van der Waals surface area contributed by atoms with Gasteiger partial charge in [-0.25, -0.2) is 0 Å². The predicted molar refractivity (Wildman–Crippen MR) is 84.2 cm³/mol. The summed E-state index contributed by atoms with van der Waals surface area (Å²) in [5.74, 6) is 0.872. The molecule has 0 bridgehead atoms. The first-order chi connectivity index (χ1) is 10.1. The minimum Gasteiger partial charge on any atom is -0.325 e. The fourth-order valence-corrected chi connectivity index (χ4v) is 3.97. The van der Waals surface area contributed by atoms with E-state index in [1.807, 2.05) is 6.07 Å². The van der Waals surface area contributed by atoms with Gasteiger partial charge < -0.3 is 5.32 Å². The van der Waals surface area contributed by atoms with Crippen molar-refractivity contribution in [2.24, 2.45) is 5.92 Å². The Kier molecular flexibility index (Phi) is 5.51. The summed E-state index contributed by atoms with van der Waals surface area (Å²) < 4.78 is 12.3. The first-order valence-corrected chi connectivity index (χ1v) is 8.66.